The van der Waals surface area contributed by atoms with Crippen molar-refractivity contribution in [1.82, 2.24) is 10.6 Å². The third kappa shape index (κ3) is 16.4. The van der Waals surface area contributed by atoms with E-state index in [1.165, 1.54) is 11.1 Å². The van der Waals surface area contributed by atoms with Gasteiger partial charge >= 0.3 is 0 Å². The van der Waals surface area contributed by atoms with Crippen LogP contribution in [0.15, 0.2) is 72.8 Å². The Bertz CT molecular complexity index is 2080. The second kappa shape index (κ2) is 19.9. The van der Waals surface area contributed by atoms with Crippen LogP contribution >= 0.6 is 12.2 Å². The summed E-state index contributed by atoms with van der Waals surface area (Å²) >= 11 is 5.31. The molecule has 0 fully saturated rings. The Kier molecular flexibility index (Phi) is 16.4. The summed E-state index contributed by atoms with van der Waals surface area (Å²) in [5.41, 5.74) is 3.94. The minimum atomic E-state index is -3.81. The fourth-order valence-electron chi connectivity index (χ4n) is 5.46. The van der Waals surface area contributed by atoms with Gasteiger partial charge in [-0.25, -0.2) is 34.4 Å². The monoisotopic (exact) mass is 864 g/mol. The van der Waals surface area contributed by atoms with Crippen LogP contribution in [0.5, 0.6) is 0 Å². The summed E-state index contributed by atoms with van der Waals surface area (Å²) in [5.74, 6) is -4.28. The standard InChI is InChI=1S/C21H26F2N2O3S.C21H26F2N2O2S2/c1-21(2,3)16-8-5-14(6-9-16)7-10-19(26)24-13-15-11-17(22)20(18(23)12-15)25-29(4,27)28;1-21(2,3)16-8-5-14(6-9-16)7-10-19(28)24-13-15-11-17(22)20(18(23)12-15)25-29(4,26)27/h5-6,8-9,11-12,25H,7,10,13H2,1-4H3,(H,24,26);5-6,8-9,11-12,25H,7,10,13H2,1-4H3,(H,24,28). The number of anilines is 2. The van der Waals surface area contributed by atoms with Gasteiger partial charge in [-0.05, 0) is 81.3 Å². The molecule has 316 valence electrons. The van der Waals surface area contributed by atoms with Crippen molar-refractivity contribution in [2.45, 2.75) is 91.1 Å². The maximum Gasteiger partial charge on any atom is 0.230 e. The van der Waals surface area contributed by atoms with Crippen molar-refractivity contribution in [3.05, 3.63) is 129 Å². The molecule has 4 rings (SSSR count). The maximum absolute atomic E-state index is 14.0. The van der Waals surface area contributed by atoms with Gasteiger partial charge in [-0.15, -0.1) is 0 Å². The number of halogens is 4. The molecule has 58 heavy (non-hydrogen) atoms. The number of carbonyl (C=O) groups is 1. The molecular weight excluding hydrogens is 813 g/mol. The van der Waals surface area contributed by atoms with Gasteiger partial charge in [0.05, 0.1) is 17.5 Å². The van der Waals surface area contributed by atoms with Crippen molar-refractivity contribution >= 4 is 54.5 Å². The molecule has 0 atom stereocenters. The minimum Gasteiger partial charge on any atom is -0.376 e. The van der Waals surface area contributed by atoms with Crippen LogP contribution < -0.4 is 20.1 Å². The number of amides is 1. The molecule has 0 radical (unpaired) electrons. The van der Waals surface area contributed by atoms with Gasteiger partial charge < -0.3 is 10.6 Å². The minimum absolute atomic E-state index is 0.0607. The average molecular weight is 865 g/mol. The highest BCUT2D eigenvalue weighted by atomic mass is 32.2. The summed E-state index contributed by atoms with van der Waals surface area (Å²) in [4.78, 5) is 12.6. The van der Waals surface area contributed by atoms with Gasteiger partial charge in [0.2, 0.25) is 26.0 Å². The van der Waals surface area contributed by atoms with Crippen molar-refractivity contribution in [2.75, 3.05) is 22.0 Å². The number of hydrogen-bond acceptors (Lipinski definition) is 6. The predicted octanol–water partition coefficient (Wildman–Crippen LogP) is 8.57. The highest BCUT2D eigenvalue weighted by Crippen LogP contribution is 2.25. The molecule has 4 aromatic rings. The summed E-state index contributed by atoms with van der Waals surface area (Å²) in [7, 11) is -7.58. The lowest BCUT2D eigenvalue weighted by atomic mass is 9.86. The SMILES string of the molecule is CC(C)(C)c1ccc(CCC(=O)NCc2cc(F)c(NS(C)(=O)=O)c(F)c2)cc1.CC(C)(C)c1ccc(CCC(=S)NCc2cc(F)c(NS(C)(=O)=O)c(F)c2)cc1. The zero-order valence-corrected chi connectivity index (χ0v) is 36.4. The van der Waals surface area contributed by atoms with E-state index in [9.17, 15) is 39.2 Å². The summed E-state index contributed by atoms with van der Waals surface area (Å²) in [6.45, 7) is 13.0. The fourth-order valence-corrected chi connectivity index (χ4v) is 6.76. The first-order valence-electron chi connectivity index (χ1n) is 18.3. The van der Waals surface area contributed by atoms with Gasteiger partial charge in [0, 0.05) is 25.9 Å². The Hall–Kier alpha value is -4.54. The Labute approximate surface area is 345 Å². The molecule has 0 saturated carbocycles. The van der Waals surface area contributed by atoms with Crippen LogP contribution in [0, 0.1) is 23.3 Å². The molecule has 4 N–H and O–H groups in total. The Balaban J connectivity index is 0.000000310. The van der Waals surface area contributed by atoms with Crippen LogP contribution in [0.1, 0.15) is 87.8 Å². The molecular formula is C42H52F4N4O5S3. The third-order valence-electron chi connectivity index (χ3n) is 8.68. The number of nitrogens with one attached hydrogen (secondary N) is 4. The quantitative estimate of drug-likeness (QED) is 0.0738. The van der Waals surface area contributed by atoms with E-state index >= 15 is 0 Å². The van der Waals surface area contributed by atoms with Crippen molar-refractivity contribution in [2.24, 2.45) is 0 Å². The van der Waals surface area contributed by atoms with Crippen molar-refractivity contribution in [3.8, 4) is 0 Å². The van der Waals surface area contributed by atoms with E-state index in [2.05, 4.69) is 76.4 Å². The van der Waals surface area contributed by atoms with Gasteiger partial charge in [-0.3, -0.25) is 14.2 Å². The molecule has 9 nitrogen and oxygen atoms in total. The summed E-state index contributed by atoms with van der Waals surface area (Å²) in [6.07, 6.45) is 3.80. The van der Waals surface area contributed by atoms with E-state index in [1.54, 1.807) is 4.72 Å². The smallest absolute Gasteiger partial charge is 0.230 e. The van der Waals surface area contributed by atoms with E-state index in [0.29, 0.717) is 23.4 Å². The molecule has 0 heterocycles. The Morgan fingerprint density at radius 1 is 0.552 bits per heavy atom. The van der Waals surface area contributed by atoms with Gasteiger partial charge in [0.1, 0.15) is 11.4 Å². The second-order valence-electron chi connectivity index (χ2n) is 16.1. The van der Waals surface area contributed by atoms with Crippen LogP contribution in [0.25, 0.3) is 0 Å². The molecule has 0 aromatic heterocycles. The van der Waals surface area contributed by atoms with Gasteiger partial charge in [0.25, 0.3) is 0 Å². The lowest BCUT2D eigenvalue weighted by Gasteiger charge is -2.19. The average Bonchev–Trinajstić information content (AvgIpc) is 3.10. The number of sulfonamides is 2. The summed E-state index contributed by atoms with van der Waals surface area (Å²) in [6, 6.07) is 20.6. The zero-order chi connectivity index (χ0) is 43.6. The summed E-state index contributed by atoms with van der Waals surface area (Å²) < 4.78 is 104. The number of carbonyl (C=O) groups excluding carboxylic acids is 1. The number of rotatable bonds is 14. The normalized spacial score (nSPS) is 11.9. The molecule has 16 heteroatoms. The number of aryl methyl sites for hydroxylation is 2. The van der Waals surface area contributed by atoms with E-state index in [0.717, 1.165) is 54.3 Å². The van der Waals surface area contributed by atoms with E-state index in [1.807, 2.05) is 29.0 Å². The van der Waals surface area contributed by atoms with Gasteiger partial charge in [0.15, 0.2) is 23.3 Å². The third-order valence-corrected chi connectivity index (χ3v) is 10.2. The molecule has 0 aliphatic carbocycles. The molecule has 4 aromatic carbocycles. The van der Waals surface area contributed by atoms with Gasteiger partial charge in [-0.2, -0.15) is 0 Å². The molecule has 0 saturated heterocycles. The first-order valence-corrected chi connectivity index (χ1v) is 22.5. The first kappa shape index (κ1) is 47.8. The van der Waals surface area contributed by atoms with E-state index < -0.39 is 54.7 Å². The van der Waals surface area contributed by atoms with Crippen molar-refractivity contribution in [1.29, 1.82) is 0 Å². The first-order chi connectivity index (χ1) is 26.7. The highest BCUT2D eigenvalue weighted by molar-refractivity contribution is 7.92. The van der Waals surface area contributed by atoms with E-state index in [-0.39, 0.29) is 41.8 Å². The molecule has 0 bridgehead atoms. The van der Waals surface area contributed by atoms with Crippen LogP contribution in [0.2, 0.25) is 0 Å². The lowest BCUT2D eigenvalue weighted by Crippen LogP contribution is -2.23. The molecule has 0 aliphatic rings. The van der Waals surface area contributed by atoms with E-state index in [4.69, 9.17) is 12.2 Å². The zero-order valence-electron chi connectivity index (χ0n) is 33.9. The van der Waals surface area contributed by atoms with Crippen molar-refractivity contribution < 1.29 is 39.2 Å². The molecule has 0 spiro atoms. The number of thiocarbonyl (C=S) groups is 1. The topological polar surface area (TPSA) is 133 Å². The Morgan fingerprint density at radius 2 is 0.879 bits per heavy atom. The second-order valence-corrected chi connectivity index (χ2v) is 20.1. The van der Waals surface area contributed by atoms with Crippen LogP contribution in [0.4, 0.5) is 28.9 Å². The maximum atomic E-state index is 14.0. The highest BCUT2D eigenvalue weighted by Gasteiger charge is 2.18. The largest absolute Gasteiger partial charge is 0.376 e. The van der Waals surface area contributed by atoms with Crippen molar-refractivity contribution in [3.63, 3.8) is 0 Å². The van der Waals surface area contributed by atoms with Gasteiger partial charge in [-0.1, -0.05) is 102 Å². The van der Waals surface area contributed by atoms with Crippen LogP contribution in [-0.2, 0) is 61.6 Å². The summed E-state index contributed by atoms with van der Waals surface area (Å²) in [5, 5.41) is 5.60. The predicted molar refractivity (Wildman–Crippen MR) is 228 cm³/mol. The fraction of sp³-hybridized carbons (Fsp3) is 0.381. The van der Waals surface area contributed by atoms with Crippen LogP contribution in [-0.4, -0.2) is 40.2 Å². The Morgan fingerprint density at radius 3 is 1.21 bits per heavy atom. The van der Waals surface area contributed by atoms with Crippen LogP contribution in [0.3, 0.4) is 0 Å². The number of benzene rings is 4. The molecule has 0 unspecified atom stereocenters. The molecule has 1 amide bonds. The number of hydrogen-bond donors (Lipinski definition) is 4. The lowest BCUT2D eigenvalue weighted by molar-refractivity contribution is -0.121. The molecule has 0 aliphatic heterocycles.